The number of nitrogens with zero attached hydrogens (tertiary/aromatic N) is 4. The fraction of sp³-hybridized carbons (Fsp3) is 0.421. The summed E-state index contributed by atoms with van der Waals surface area (Å²) in [4.78, 5) is 4.36. The molecule has 0 aliphatic heterocycles. The number of nitrogens with one attached hydrogen (secondary N) is 1. The van der Waals surface area contributed by atoms with Gasteiger partial charge in [-0.2, -0.15) is 10.1 Å². The van der Waals surface area contributed by atoms with Crippen LogP contribution in [0.4, 0.5) is 0 Å². The Balaban J connectivity index is 1.52. The van der Waals surface area contributed by atoms with Gasteiger partial charge in [0.15, 0.2) is 5.82 Å². The van der Waals surface area contributed by atoms with E-state index in [9.17, 15) is 0 Å². The quantitative estimate of drug-likeness (QED) is 0.670. The summed E-state index contributed by atoms with van der Waals surface area (Å²) in [5, 5.41) is 11.9. The van der Waals surface area contributed by atoms with Crippen molar-refractivity contribution in [2.24, 2.45) is 7.05 Å². The van der Waals surface area contributed by atoms with Crippen molar-refractivity contribution in [2.45, 2.75) is 40.2 Å². The van der Waals surface area contributed by atoms with Gasteiger partial charge in [0.25, 0.3) is 5.89 Å². The van der Waals surface area contributed by atoms with Crippen LogP contribution in [-0.4, -0.2) is 26.5 Å². The molecule has 1 N–H and O–H groups in total. The van der Waals surface area contributed by atoms with Crippen LogP contribution in [0.2, 0.25) is 0 Å². The number of hydrogen-bond acceptors (Lipinski definition) is 5. The molecule has 0 spiro atoms. The van der Waals surface area contributed by atoms with Gasteiger partial charge < -0.3 is 9.84 Å². The van der Waals surface area contributed by atoms with Crippen LogP contribution in [0.5, 0.6) is 0 Å². The molecule has 0 radical (unpaired) electrons. The van der Waals surface area contributed by atoms with E-state index >= 15 is 0 Å². The highest BCUT2D eigenvalue weighted by Crippen LogP contribution is 2.18. The van der Waals surface area contributed by atoms with Crippen molar-refractivity contribution in [2.75, 3.05) is 6.54 Å². The van der Waals surface area contributed by atoms with Gasteiger partial charge in [0, 0.05) is 36.8 Å². The van der Waals surface area contributed by atoms with Crippen molar-refractivity contribution in [1.29, 1.82) is 0 Å². The summed E-state index contributed by atoms with van der Waals surface area (Å²) in [6, 6.07) is 8.32. The monoisotopic (exact) mass is 339 g/mol. The Hall–Kier alpha value is -2.47. The van der Waals surface area contributed by atoms with E-state index in [0.29, 0.717) is 5.89 Å². The van der Waals surface area contributed by atoms with E-state index in [4.69, 9.17) is 4.52 Å². The highest BCUT2D eigenvalue weighted by atomic mass is 16.5. The van der Waals surface area contributed by atoms with Crippen molar-refractivity contribution in [1.82, 2.24) is 25.2 Å². The van der Waals surface area contributed by atoms with Gasteiger partial charge in [0.1, 0.15) is 0 Å². The summed E-state index contributed by atoms with van der Waals surface area (Å²) >= 11 is 0. The second-order valence-corrected chi connectivity index (χ2v) is 6.27. The van der Waals surface area contributed by atoms with E-state index in [1.54, 1.807) is 0 Å². The van der Waals surface area contributed by atoms with Crippen LogP contribution in [0.3, 0.4) is 0 Å². The molecule has 0 aliphatic rings. The molecule has 6 heteroatoms. The maximum Gasteiger partial charge on any atom is 0.257 e. The Morgan fingerprint density at radius 3 is 2.52 bits per heavy atom. The summed E-state index contributed by atoms with van der Waals surface area (Å²) in [5.74, 6) is 1.33. The Bertz CT molecular complexity index is 832. The van der Waals surface area contributed by atoms with Gasteiger partial charge in [-0.05, 0) is 44.5 Å². The van der Waals surface area contributed by atoms with Crippen LogP contribution >= 0.6 is 0 Å². The number of aromatic nitrogens is 4. The van der Waals surface area contributed by atoms with E-state index < -0.39 is 0 Å². The van der Waals surface area contributed by atoms with Gasteiger partial charge in [-0.3, -0.25) is 4.68 Å². The van der Waals surface area contributed by atoms with E-state index in [1.807, 2.05) is 30.8 Å². The van der Waals surface area contributed by atoms with Crippen LogP contribution in [-0.2, 0) is 26.4 Å². The molecule has 2 aromatic heterocycles. The van der Waals surface area contributed by atoms with Gasteiger partial charge in [0.2, 0.25) is 0 Å². The Morgan fingerprint density at radius 1 is 1.16 bits per heavy atom. The Morgan fingerprint density at radius 2 is 1.92 bits per heavy atom. The van der Waals surface area contributed by atoms with E-state index in [1.165, 1.54) is 16.8 Å². The lowest BCUT2D eigenvalue weighted by molar-refractivity contribution is 0.423. The molecule has 3 aromatic rings. The zero-order valence-electron chi connectivity index (χ0n) is 15.3. The number of hydrogen-bond donors (Lipinski definition) is 1. The second-order valence-electron chi connectivity index (χ2n) is 6.27. The maximum absolute atomic E-state index is 5.27. The molecule has 132 valence electrons. The van der Waals surface area contributed by atoms with E-state index in [-0.39, 0.29) is 0 Å². The lowest BCUT2D eigenvalue weighted by Gasteiger charge is -2.06. The molecule has 25 heavy (non-hydrogen) atoms. The average molecular weight is 339 g/mol. The number of rotatable bonds is 7. The van der Waals surface area contributed by atoms with Gasteiger partial charge in [-0.15, -0.1) is 0 Å². The molecule has 0 saturated heterocycles. The van der Waals surface area contributed by atoms with Crippen molar-refractivity contribution >= 4 is 0 Å². The van der Waals surface area contributed by atoms with Gasteiger partial charge >= 0.3 is 0 Å². The molecule has 0 saturated carbocycles. The first-order valence-electron chi connectivity index (χ1n) is 8.70. The minimum absolute atomic E-state index is 0.587. The molecular weight excluding hydrogens is 314 g/mol. The second kappa shape index (κ2) is 7.61. The molecule has 2 heterocycles. The average Bonchev–Trinajstić information content (AvgIpc) is 3.19. The van der Waals surface area contributed by atoms with Crippen molar-refractivity contribution in [3.8, 4) is 11.5 Å². The van der Waals surface area contributed by atoms with E-state index in [2.05, 4.69) is 46.5 Å². The smallest absolute Gasteiger partial charge is 0.257 e. The summed E-state index contributed by atoms with van der Waals surface area (Å²) in [6.07, 6.45) is 1.76. The molecule has 0 fully saturated rings. The minimum Gasteiger partial charge on any atom is -0.334 e. The van der Waals surface area contributed by atoms with Crippen LogP contribution in [0.25, 0.3) is 11.5 Å². The third-order valence-corrected chi connectivity index (χ3v) is 4.54. The highest BCUT2D eigenvalue weighted by Gasteiger charge is 2.09. The molecule has 3 rings (SSSR count). The van der Waals surface area contributed by atoms with Gasteiger partial charge in [0.05, 0.1) is 5.69 Å². The van der Waals surface area contributed by atoms with Crippen molar-refractivity contribution in [3.05, 3.63) is 52.6 Å². The summed E-state index contributed by atoms with van der Waals surface area (Å²) in [6.45, 7) is 7.96. The van der Waals surface area contributed by atoms with Crippen molar-refractivity contribution < 1.29 is 4.52 Å². The molecular formula is C19H25N5O. The molecule has 0 bridgehead atoms. The molecule has 6 nitrogen and oxygen atoms in total. The summed E-state index contributed by atoms with van der Waals surface area (Å²) in [5.41, 5.74) is 5.86. The predicted molar refractivity (Wildman–Crippen MR) is 97.2 cm³/mol. The summed E-state index contributed by atoms with van der Waals surface area (Å²) in [7, 11) is 1.99. The fourth-order valence-electron chi connectivity index (χ4n) is 2.85. The third kappa shape index (κ3) is 3.96. The normalized spacial score (nSPS) is 11.2. The van der Waals surface area contributed by atoms with Crippen LogP contribution < -0.4 is 5.32 Å². The first kappa shape index (κ1) is 17.4. The SMILES string of the molecule is CCc1noc(-c2ccc(CCNCc3c(C)nn(C)c3C)cc2)n1. The van der Waals surface area contributed by atoms with Crippen LogP contribution in [0, 0.1) is 13.8 Å². The molecule has 0 unspecified atom stereocenters. The van der Waals surface area contributed by atoms with E-state index in [0.717, 1.165) is 43.0 Å². The van der Waals surface area contributed by atoms with Gasteiger partial charge in [-0.25, -0.2) is 0 Å². The Labute approximate surface area is 148 Å². The fourth-order valence-corrected chi connectivity index (χ4v) is 2.85. The predicted octanol–water partition coefficient (Wildman–Crippen LogP) is 2.98. The molecule has 0 aliphatic carbocycles. The first-order valence-corrected chi connectivity index (χ1v) is 8.70. The third-order valence-electron chi connectivity index (χ3n) is 4.54. The van der Waals surface area contributed by atoms with Crippen LogP contribution in [0.15, 0.2) is 28.8 Å². The molecule has 1 aromatic carbocycles. The number of benzene rings is 1. The topological polar surface area (TPSA) is 68.8 Å². The zero-order valence-corrected chi connectivity index (χ0v) is 15.3. The molecule has 0 amide bonds. The lowest BCUT2D eigenvalue weighted by Crippen LogP contribution is -2.17. The van der Waals surface area contributed by atoms with Crippen molar-refractivity contribution in [3.63, 3.8) is 0 Å². The zero-order chi connectivity index (χ0) is 17.8. The van der Waals surface area contributed by atoms with Gasteiger partial charge in [-0.1, -0.05) is 24.2 Å². The first-order chi connectivity index (χ1) is 12.1. The molecule has 0 atom stereocenters. The largest absolute Gasteiger partial charge is 0.334 e. The lowest BCUT2D eigenvalue weighted by atomic mass is 10.1. The standard InChI is InChI=1S/C19H25N5O/c1-5-18-21-19(25-23-18)16-8-6-15(7-9-16)10-11-20-12-17-13(2)22-24(4)14(17)3/h6-9,20H,5,10-12H2,1-4H3. The highest BCUT2D eigenvalue weighted by molar-refractivity contribution is 5.53. The Kier molecular flexibility index (Phi) is 5.28. The van der Waals surface area contributed by atoms with Crippen LogP contribution in [0.1, 0.15) is 35.3 Å². The summed E-state index contributed by atoms with van der Waals surface area (Å²) < 4.78 is 7.21. The minimum atomic E-state index is 0.587. The maximum atomic E-state index is 5.27. The number of aryl methyl sites for hydroxylation is 3.